The van der Waals surface area contributed by atoms with Crippen molar-refractivity contribution in [2.45, 2.75) is 16.7 Å². The van der Waals surface area contributed by atoms with E-state index in [1.807, 2.05) is 0 Å². The molecule has 0 aliphatic rings. The van der Waals surface area contributed by atoms with Crippen molar-refractivity contribution in [3.63, 3.8) is 0 Å². The Kier molecular flexibility index (Phi) is 6.30. The van der Waals surface area contributed by atoms with Gasteiger partial charge in [0.2, 0.25) is 0 Å². The monoisotopic (exact) mass is 497 g/mol. The Hall–Kier alpha value is -3.35. The number of sulfonamides is 2. The van der Waals surface area contributed by atoms with Crippen molar-refractivity contribution >= 4 is 48.7 Å². The van der Waals surface area contributed by atoms with Gasteiger partial charge < -0.3 is 5.11 Å². The molecule has 0 bridgehead atoms. The van der Waals surface area contributed by atoms with Gasteiger partial charge in [-0.3, -0.25) is 19.6 Å². The Morgan fingerprint density at radius 1 is 0.938 bits per heavy atom. The summed E-state index contributed by atoms with van der Waals surface area (Å²) in [6.07, 6.45) is 0. The third-order valence-corrected chi connectivity index (χ3v) is 7.47. The van der Waals surface area contributed by atoms with E-state index in [2.05, 4.69) is 9.44 Å². The minimum atomic E-state index is -4.40. The summed E-state index contributed by atoms with van der Waals surface area (Å²) >= 11 is 5.85. The maximum absolute atomic E-state index is 12.8. The normalized spacial score (nSPS) is 11.7. The molecule has 0 aliphatic heterocycles. The molecular formula is C19H16ClN3O7S2. The zero-order valence-corrected chi connectivity index (χ0v) is 18.7. The molecule has 32 heavy (non-hydrogen) atoms. The minimum Gasteiger partial charge on any atom is -0.506 e. The predicted octanol–water partition coefficient (Wildman–Crippen LogP) is 3.86. The van der Waals surface area contributed by atoms with Gasteiger partial charge in [0.1, 0.15) is 5.75 Å². The number of nitrogens with one attached hydrogen (secondary N) is 2. The summed E-state index contributed by atoms with van der Waals surface area (Å²) in [7, 11) is -8.56. The summed E-state index contributed by atoms with van der Waals surface area (Å²) in [5.74, 6) is -0.543. The number of benzene rings is 3. The number of phenolic OH excluding ortho intramolecular Hbond substituents is 1. The average Bonchev–Trinajstić information content (AvgIpc) is 2.68. The van der Waals surface area contributed by atoms with Crippen LogP contribution in [0.2, 0.25) is 5.02 Å². The van der Waals surface area contributed by atoms with E-state index in [1.165, 1.54) is 31.2 Å². The molecule has 0 amide bonds. The van der Waals surface area contributed by atoms with Gasteiger partial charge in [-0.2, -0.15) is 0 Å². The van der Waals surface area contributed by atoms with Gasteiger partial charge in [-0.15, -0.1) is 0 Å². The van der Waals surface area contributed by atoms with Gasteiger partial charge in [0, 0.05) is 16.7 Å². The molecule has 0 fully saturated rings. The van der Waals surface area contributed by atoms with Crippen molar-refractivity contribution in [3.8, 4) is 5.75 Å². The first-order valence-electron chi connectivity index (χ1n) is 8.79. The summed E-state index contributed by atoms with van der Waals surface area (Å²) in [5, 5.41) is 21.5. The van der Waals surface area contributed by atoms with E-state index in [9.17, 15) is 32.1 Å². The lowest BCUT2D eigenvalue weighted by Gasteiger charge is -2.14. The molecule has 3 rings (SSSR count). The topological polar surface area (TPSA) is 156 Å². The molecule has 0 spiro atoms. The highest BCUT2D eigenvalue weighted by molar-refractivity contribution is 7.93. The molecular weight excluding hydrogens is 482 g/mol. The first kappa shape index (κ1) is 23.3. The van der Waals surface area contributed by atoms with E-state index in [0.29, 0.717) is 5.02 Å². The highest BCUT2D eigenvalue weighted by atomic mass is 35.5. The Morgan fingerprint density at radius 3 is 2.28 bits per heavy atom. The molecule has 168 valence electrons. The van der Waals surface area contributed by atoms with E-state index in [0.717, 1.165) is 30.3 Å². The van der Waals surface area contributed by atoms with Crippen LogP contribution >= 0.6 is 11.6 Å². The molecule has 0 aliphatic carbocycles. The predicted molar refractivity (Wildman–Crippen MR) is 119 cm³/mol. The van der Waals surface area contributed by atoms with Crippen LogP contribution in [0.5, 0.6) is 5.75 Å². The summed E-state index contributed by atoms with van der Waals surface area (Å²) in [4.78, 5) is 9.65. The third kappa shape index (κ3) is 4.93. The second-order valence-corrected chi connectivity index (χ2v) is 10.3. The van der Waals surface area contributed by atoms with E-state index < -0.39 is 47.0 Å². The van der Waals surface area contributed by atoms with Crippen molar-refractivity contribution in [1.82, 2.24) is 0 Å². The molecule has 0 atom stereocenters. The number of hydrogen-bond donors (Lipinski definition) is 3. The number of aromatic hydroxyl groups is 1. The van der Waals surface area contributed by atoms with Gasteiger partial charge in [0.25, 0.3) is 25.7 Å². The number of halogens is 1. The Morgan fingerprint density at radius 2 is 1.62 bits per heavy atom. The standard InChI is InChI=1S/C19H16ClN3O7S2/c1-12-17(23(25)26)6-3-7-19(12)32(29,30)22-16-11-15(8-9-18(16)24)31(27,28)21-14-5-2-4-13(20)10-14/h2-11,21-22,24H,1H3. The van der Waals surface area contributed by atoms with Crippen LogP contribution in [-0.4, -0.2) is 26.9 Å². The second kappa shape index (κ2) is 8.65. The van der Waals surface area contributed by atoms with Gasteiger partial charge in [-0.05, 0) is 49.4 Å². The lowest BCUT2D eigenvalue weighted by molar-refractivity contribution is -0.385. The van der Waals surface area contributed by atoms with Crippen LogP contribution in [0.4, 0.5) is 17.1 Å². The van der Waals surface area contributed by atoms with Gasteiger partial charge in [0.05, 0.1) is 26.1 Å². The highest BCUT2D eigenvalue weighted by Crippen LogP contribution is 2.32. The number of nitrogens with zero attached hydrogens (tertiary/aromatic N) is 1. The van der Waals surface area contributed by atoms with Crippen molar-refractivity contribution in [1.29, 1.82) is 0 Å². The summed E-state index contributed by atoms with van der Waals surface area (Å²) in [6.45, 7) is 1.27. The third-order valence-electron chi connectivity index (χ3n) is 4.34. The van der Waals surface area contributed by atoms with Gasteiger partial charge >= 0.3 is 0 Å². The second-order valence-electron chi connectivity index (χ2n) is 6.56. The smallest absolute Gasteiger partial charge is 0.273 e. The quantitative estimate of drug-likeness (QED) is 0.254. The molecule has 0 radical (unpaired) electrons. The fourth-order valence-corrected chi connectivity index (χ4v) is 5.42. The Labute approximate surface area is 188 Å². The summed E-state index contributed by atoms with van der Waals surface area (Å²) in [6, 6.07) is 12.5. The van der Waals surface area contributed by atoms with Crippen molar-refractivity contribution in [3.05, 3.63) is 81.4 Å². The number of anilines is 2. The Bertz CT molecular complexity index is 1420. The van der Waals surface area contributed by atoms with E-state index in [-0.39, 0.29) is 16.1 Å². The molecule has 0 heterocycles. The first-order chi connectivity index (χ1) is 14.9. The molecule has 3 aromatic carbocycles. The van der Waals surface area contributed by atoms with Crippen LogP contribution in [-0.2, 0) is 20.0 Å². The molecule has 10 nitrogen and oxygen atoms in total. The molecule has 0 saturated carbocycles. The number of nitro groups is 1. The zero-order chi connectivity index (χ0) is 23.7. The van der Waals surface area contributed by atoms with E-state index in [1.54, 1.807) is 6.07 Å². The largest absolute Gasteiger partial charge is 0.506 e. The van der Waals surface area contributed by atoms with Crippen molar-refractivity contribution < 1.29 is 26.9 Å². The Balaban J connectivity index is 1.97. The molecule has 3 N–H and O–H groups in total. The van der Waals surface area contributed by atoms with Crippen molar-refractivity contribution in [2.75, 3.05) is 9.44 Å². The average molecular weight is 498 g/mol. The van der Waals surface area contributed by atoms with E-state index >= 15 is 0 Å². The number of nitro benzene ring substituents is 1. The number of phenols is 1. The SMILES string of the molecule is Cc1c([N+](=O)[O-])cccc1S(=O)(=O)Nc1cc(S(=O)(=O)Nc2cccc(Cl)c2)ccc1O. The van der Waals surface area contributed by atoms with Gasteiger partial charge in [0.15, 0.2) is 0 Å². The summed E-state index contributed by atoms with van der Waals surface area (Å²) < 4.78 is 55.4. The van der Waals surface area contributed by atoms with Crippen molar-refractivity contribution in [2.24, 2.45) is 0 Å². The fourth-order valence-electron chi connectivity index (χ4n) is 2.82. The van der Waals surface area contributed by atoms with Crippen LogP contribution in [0.1, 0.15) is 5.56 Å². The summed E-state index contributed by atoms with van der Waals surface area (Å²) in [5.41, 5.74) is -0.764. The molecule has 13 heteroatoms. The molecule has 0 aromatic heterocycles. The van der Waals surface area contributed by atoms with Crippen LogP contribution < -0.4 is 9.44 Å². The molecule has 0 unspecified atom stereocenters. The highest BCUT2D eigenvalue weighted by Gasteiger charge is 2.25. The van der Waals surface area contributed by atoms with Gasteiger partial charge in [-0.1, -0.05) is 23.7 Å². The van der Waals surface area contributed by atoms with E-state index in [4.69, 9.17) is 11.6 Å². The number of rotatable bonds is 7. The van der Waals surface area contributed by atoms with Crippen LogP contribution in [0, 0.1) is 17.0 Å². The maximum atomic E-state index is 12.8. The minimum absolute atomic E-state index is 0.115. The van der Waals surface area contributed by atoms with Crippen LogP contribution in [0.25, 0.3) is 0 Å². The lowest BCUT2D eigenvalue weighted by Crippen LogP contribution is -2.16. The molecule has 0 saturated heterocycles. The van der Waals surface area contributed by atoms with Gasteiger partial charge in [-0.25, -0.2) is 16.8 Å². The lowest BCUT2D eigenvalue weighted by atomic mass is 10.2. The first-order valence-corrected chi connectivity index (χ1v) is 12.1. The number of hydrogen-bond acceptors (Lipinski definition) is 7. The van der Waals surface area contributed by atoms with Crippen LogP contribution in [0.15, 0.2) is 70.5 Å². The fraction of sp³-hybridized carbons (Fsp3) is 0.0526. The zero-order valence-electron chi connectivity index (χ0n) is 16.3. The molecule has 3 aromatic rings. The van der Waals surface area contributed by atoms with Crippen LogP contribution in [0.3, 0.4) is 0 Å². The maximum Gasteiger partial charge on any atom is 0.273 e.